The fraction of sp³-hybridized carbons (Fsp3) is 0.235. The van der Waals surface area contributed by atoms with Gasteiger partial charge in [-0.1, -0.05) is 29.8 Å². The van der Waals surface area contributed by atoms with Crippen LogP contribution in [0, 0.1) is 0 Å². The van der Waals surface area contributed by atoms with Crippen molar-refractivity contribution in [2.75, 3.05) is 13.7 Å². The molecule has 1 unspecified atom stereocenters. The van der Waals surface area contributed by atoms with E-state index in [0.29, 0.717) is 5.56 Å². The SMILES string of the molecule is COC(COc1ccc(C(F)(F)F)cc1Cl)NC(=O)c1ccccc1. The number of halogens is 4. The van der Waals surface area contributed by atoms with Crippen LogP contribution in [0.3, 0.4) is 0 Å². The standard InChI is InChI=1S/C17H15ClF3NO3/c1-24-15(22-16(23)11-5-3-2-4-6-11)10-25-14-8-7-12(9-13(14)18)17(19,20)21/h2-9,15H,10H2,1H3,(H,22,23). The third-order valence-corrected chi connectivity index (χ3v) is 3.56. The molecule has 2 rings (SSSR count). The van der Waals surface area contributed by atoms with Gasteiger partial charge < -0.3 is 14.8 Å². The van der Waals surface area contributed by atoms with Gasteiger partial charge in [0.1, 0.15) is 12.4 Å². The summed E-state index contributed by atoms with van der Waals surface area (Å²) >= 11 is 5.81. The summed E-state index contributed by atoms with van der Waals surface area (Å²) in [6.07, 6.45) is -5.29. The molecule has 0 spiro atoms. The lowest BCUT2D eigenvalue weighted by molar-refractivity contribution is -0.137. The van der Waals surface area contributed by atoms with E-state index in [0.717, 1.165) is 18.2 Å². The van der Waals surface area contributed by atoms with Gasteiger partial charge in [-0.15, -0.1) is 0 Å². The number of ether oxygens (including phenoxy) is 2. The zero-order valence-corrected chi connectivity index (χ0v) is 13.9. The molecule has 0 aliphatic rings. The van der Waals surface area contributed by atoms with Gasteiger partial charge in [-0.2, -0.15) is 13.2 Å². The molecule has 2 aromatic carbocycles. The second kappa shape index (κ2) is 8.22. The number of rotatable bonds is 6. The van der Waals surface area contributed by atoms with Crippen LogP contribution < -0.4 is 10.1 Å². The molecule has 0 fully saturated rings. The van der Waals surface area contributed by atoms with E-state index in [9.17, 15) is 18.0 Å². The van der Waals surface area contributed by atoms with E-state index in [1.807, 2.05) is 0 Å². The summed E-state index contributed by atoms with van der Waals surface area (Å²) in [7, 11) is 1.37. The Balaban J connectivity index is 1.98. The monoisotopic (exact) mass is 373 g/mol. The lowest BCUT2D eigenvalue weighted by Crippen LogP contribution is -2.40. The quantitative estimate of drug-likeness (QED) is 0.774. The minimum atomic E-state index is -4.49. The molecule has 0 aliphatic carbocycles. The fourth-order valence-corrected chi connectivity index (χ4v) is 2.18. The Morgan fingerprint density at radius 1 is 1.20 bits per heavy atom. The van der Waals surface area contributed by atoms with Gasteiger partial charge in [0.15, 0.2) is 6.23 Å². The summed E-state index contributed by atoms with van der Waals surface area (Å²) < 4.78 is 48.3. The summed E-state index contributed by atoms with van der Waals surface area (Å²) in [4.78, 5) is 12.0. The number of carbonyl (C=O) groups excluding carboxylic acids is 1. The van der Waals surface area contributed by atoms with Gasteiger partial charge in [-0.25, -0.2) is 0 Å². The Labute approximate surface area is 147 Å². The predicted molar refractivity (Wildman–Crippen MR) is 86.7 cm³/mol. The van der Waals surface area contributed by atoms with Crippen molar-refractivity contribution in [3.63, 3.8) is 0 Å². The van der Waals surface area contributed by atoms with Crippen LogP contribution in [0.2, 0.25) is 5.02 Å². The van der Waals surface area contributed by atoms with E-state index < -0.39 is 18.0 Å². The molecule has 4 nitrogen and oxygen atoms in total. The van der Waals surface area contributed by atoms with Gasteiger partial charge in [-0.05, 0) is 30.3 Å². The third kappa shape index (κ3) is 5.37. The smallest absolute Gasteiger partial charge is 0.416 e. The topological polar surface area (TPSA) is 47.6 Å². The Morgan fingerprint density at radius 3 is 2.44 bits per heavy atom. The molecule has 1 amide bonds. The summed E-state index contributed by atoms with van der Waals surface area (Å²) in [5.74, 6) is -0.305. The van der Waals surface area contributed by atoms with Gasteiger partial charge in [0.25, 0.3) is 5.91 Å². The van der Waals surface area contributed by atoms with E-state index in [2.05, 4.69) is 5.32 Å². The number of alkyl halides is 3. The zero-order valence-electron chi connectivity index (χ0n) is 13.1. The molecule has 0 aromatic heterocycles. The molecule has 0 radical (unpaired) electrons. The molecule has 1 atom stereocenters. The van der Waals surface area contributed by atoms with Crippen molar-refractivity contribution in [1.29, 1.82) is 0 Å². The minimum Gasteiger partial charge on any atom is -0.487 e. The molecule has 1 N–H and O–H groups in total. The first-order chi connectivity index (χ1) is 11.8. The summed E-state index contributed by atoms with van der Waals surface area (Å²) in [5, 5.41) is 2.42. The van der Waals surface area contributed by atoms with E-state index in [1.165, 1.54) is 7.11 Å². The Kier molecular flexibility index (Phi) is 6.27. The average molecular weight is 374 g/mol. The van der Waals surface area contributed by atoms with Crippen molar-refractivity contribution in [3.05, 3.63) is 64.7 Å². The lowest BCUT2D eigenvalue weighted by Gasteiger charge is -2.18. The zero-order chi connectivity index (χ0) is 18.4. The minimum absolute atomic E-state index is 0.0608. The van der Waals surface area contributed by atoms with Gasteiger partial charge in [-0.3, -0.25) is 4.79 Å². The maximum absolute atomic E-state index is 12.6. The molecule has 25 heavy (non-hydrogen) atoms. The number of nitrogens with one attached hydrogen (secondary N) is 1. The van der Waals surface area contributed by atoms with E-state index in [1.54, 1.807) is 30.3 Å². The first-order valence-corrected chi connectivity index (χ1v) is 7.57. The summed E-state index contributed by atoms with van der Waals surface area (Å²) in [5.41, 5.74) is -0.428. The van der Waals surface area contributed by atoms with Gasteiger partial charge in [0.2, 0.25) is 0 Å². The van der Waals surface area contributed by atoms with Crippen molar-refractivity contribution in [1.82, 2.24) is 5.32 Å². The van der Waals surface area contributed by atoms with Crippen LogP contribution in [-0.4, -0.2) is 25.9 Å². The highest BCUT2D eigenvalue weighted by molar-refractivity contribution is 6.32. The number of benzene rings is 2. The number of carbonyl (C=O) groups is 1. The average Bonchev–Trinajstić information content (AvgIpc) is 2.59. The van der Waals surface area contributed by atoms with Crippen molar-refractivity contribution >= 4 is 17.5 Å². The molecule has 0 bridgehead atoms. The number of hydrogen-bond acceptors (Lipinski definition) is 3. The predicted octanol–water partition coefficient (Wildman–Crippen LogP) is 4.14. The lowest BCUT2D eigenvalue weighted by atomic mass is 10.2. The van der Waals surface area contributed by atoms with Crippen molar-refractivity contribution in [2.24, 2.45) is 0 Å². The van der Waals surface area contributed by atoms with Crippen LogP contribution >= 0.6 is 11.6 Å². The van der Waals surface area contributed by atoms with Gasteiger partial charge >= 0.3 is 6.18 Å². The fourth-order valence-electron chi connectivity index (χ4n) is 1.95. The highest BCUT2D eigenvalue weighted by atomic mass is 35.5. The molecule has 0 saturated carbocycles. The van der Waals surface area contributed by atoms with Crippen molar-refractivity contribution < 1.29 is 27.4 Å². The van der Waals surface area contributed by atoms with Crippen LogP contribution in [0.15, 0.2) is 48.5 Å². The molecular weight excluding hydrogens is 359 g/mol. The Hall–Kier alpha value is -2.25. The first-order valence-electron chi connectivity index (χ1n) is 7.19. The van der Waals surface area contributed by atoms with Gasteiger partial charge in [0, 0.05) is 12.7 Å². The summed E-state index contributed by atoms with van der Waals surface area (Å²) in [6, 6.07) is 11.2. The molecule has 0 heterocycles. The molecular formula is C17H15ClF3NO3. The second-order valence-corrected chi connectivity index (χ2v) is 5.42. The molecule has 0 aliphatic heterocycles. The highest BCUT2D eigenvalue weighted by Gasteiger charge is 2.31. The highest BCUT2D eigenvalue weighted by Crippen LogP contribution is 2.34. The second-order valence-electron chi connectivity index (χ2n) is 5.02. The third-order valence-electron chi connectivity index (χ3n) is 3.26. The summed E-state index contributed by atoms with van der Waals surface area (Å²) in [6.45, 7) is -0.125. The molecule has 134 valence electrons. The first kappa shape index (κ1) is 19.1. The van der Waals surface area contributed by atoms with Crippen LogP contribution in [0.25, 0.3) is 0 Å². The Bertz CT molecular complexity index is 723. The van der Waals surface area contributed by atoms with Crippen LogP contribution in [0.1, 0.15) is 15.9 Å². The van der Waals surface area contributed by atoms with E-state index in [4.69, 9.17) is 21.1 Å². The van der Waals surface area contributed by atoms with E-state index in [-0.39, 0.29) is 23.3 Å². The van der Waals surface area contributed by atoms with Crippen molar-refractivity contribution in [3.8, 4) is 5.75 Å². The van der Waals surface area contributed by atoms with Crippen LogP contribution in [0.5, 0.6) is 5.75 Å². The largest absolute Gasteiger partial charge is 0.487 e. The number of amides is 1. The van der Waals surface area contributed by atoms with E-state index >= 15 is 0 Å². The molecule has 2 aromatic rings. The van der Waals surface area contributed by atoms with Crippen LogP contribution in [-0.2, 0) is 10.9 Å². The van der Waals surface area contributed by atoms with Gasteiger partial charge in [0.05, 0.1) is 10.6 Å². The van der Waals surface area contributed by atoms with Crippen molar-refractivity contribution in [2.45, 2.75) is 12.4 Å². The molecule has 0 saturated heterocycles. The number of hydrogen-bond donors (Lipinski definition) is 1. The normalized spacial score (nSPS) is 12.5. The Morgan fingerprint density at radius 2 is 1.88 bits per heavy atom. The maximum atomic E-state index is 12.6. The maximum Gasteiger partial charge on any atom is 0.416 e. The molecule has 8 heteroatoms. The van der Waals surface area contributed by atoms with Crippen LogP contribution in [0.4, 0.5) is 13.2 Å². The number of methoxy groups -OCH3 is 1.